The predicted octanol–water partition coefficient (Wildman–Crippen LogP) is 3.52. The van der Waals surface area contributed by atoms with Gasteiger partial charge in [-0.1, -0.05) is 56.0 Å². The molecule has 1 aromatic rings. The maximum atomic E-state index is 13.1. The summed E-state index contributed by atoms with van der Waals surface area (Å²) in [6.45, 7) is 5.71. The lowest BCUT2D eigenvalue weighted by atomic mass is 9.90. The molecule has 0 radical (unpaired) electrons. The average Bonchev–Trinajstić information content (AvgIpc) is 2.90. The summed E-state index contributed by atoms with van der Waals surface area (Å²) >= 11 is 1.63. The van der Waals surface area contributed by atoms with Crippen LogP contribution in [0.4, 0.5) is 0 Å². The molecule has 2 fully saturated rings. The van der Waals surface area contributed by atoms with Crippen LogP contribution < -0.4 is 11.1 Å². The molecule has 1 saturated heterocycles. The number of rotatable bonds is 5. The van der Waals surface area contributed by atoms with E-state index in [1.807, 2.05) is 51.1 Å². The van der Waals surface area contributed by atoms with E-state index in [0.717, 1.165) is 44.1 Å². The molecule has 1 aromatic carbocycles. The summed E-state index contributed by atoms with van der Waals surface area (Å²) in [7, 11) is 0. The molecule has 1 aliphatic heterocycles. The van der Waals surface area contributed by atoms with Gasteiger partial charge in [0.05, 0.1) is 5.37 Å². The fraction of sp³-hybridized carbons (Fsp3) is 0.652. The van der Waals surface area contributed by atoms with E-state index < -0.39 is 23.7 Å². The third kappa shape index (κ3) is 5.77. The van der Waals surface area contributed by atoms with Gasteiger partial charge in [0.1, 0.15) is 24.3 Å². The zero-order valence-corrected chi connectivity index (χ0v) is 19.0. The molecule has 6 nitrogen and oxygen atoms in total. The Kier molecular flexibility index (Phi) is 7.47. The van der Waals surface area contributed by atoms with E-state index in [9.17, 15) is 9.59 Å². The van der Waals surface area contributed by atoms with Crippen molar-refractivity contribution in [1.29, 1.82) is 0 Å². The van der Waals surface area contributed by atoms with E-state index in [1.165, 1.54) is 0 Å². The van der Waals surface area contributed by atoms with Crippen molar-refractivity contribution >= 4 is 23.7 Å². The Morgan fingerprint density at radius 3 is 2.40 bits per heavy atom. The number of esters is 2. The zero-order chi connectivity index (χ0) is 21.8. The normalized spacial score (nSPS) is 24.8. The minimum atomic E-state index is -0.846. The van der Waals surface area contributed by atoms with Gasteiger partial charge in [-0.2, -0.15) is 0 Å². The monoisotopic (exact) mass is 434 g/mol. The fourth-order valence-corrected chi connectivity index (χ4v) is 5.96. The van der Waals surface area contributed by atoms with Gasteiger partial charge in [0.25, 0.3) is 0 Å². The van der Waals surface area contributed by atoms with Gasteiger partial charge in [-0.3, -0.25) is 14.9 Å². The van der Waals surface area contributed by atoms with Crippen LogP contribution in [-0.2, 0) is 25.7 Å². The van der Waals surface area contributed by atoms with Crippen LogP contribution in [-0.4, -0.2) is 39.7 Å². The summed E-state index contributed by atoms with van der Waals surface area (Å²) in [5.74, 6) is -0.721. The number of ether oxygens (including phenoxy) is 2. The van der Waals surface area contributed by atoms with Gasteiger partial charge in [0, 0.05) is 4.75 Å². The van der Waals surface area contributed by atoms with Crippen LogP contribution in [0.5, 0.6) is 0 Å². The topological polar surface area (TPSA) is 90.6 Å². The molecule has 1 aliphatic carbocycles. The number of carbonyl (C=O) groups excluding carboxylic acids is 2. The van der Waals surface area contributed by atoms with Gasteiger partial charge in [0.2, 0.25) is 0 Å². The quantitative estimate of drug-likeness (QED) is 0.685. The maximum absolute atomic E-state index is 13.1. The van der Waals surface area contributed by atoms with Crippen molar-refractivity contribution < 1.29 is 19.1 Å². The van der Waals surface area contributed by atoms with Crippen molar-refractivity contribution in [3.8, 4) is 0 Å². The molecular formula is C23H34N2O4S. The average molecular weight is 435 g/mol. The van der Waals surface area contributed by atoms with Crippen LogP contribution in [0.15, 0.2) is 30.3 Å². The zero-order valence-electron chi connectivity index (χ0n) is 18.2. The van der Waals surface area contributed by atoms with Gasteiger partial charge < -0.3 is 15.2 Å². The Bertz CT molecular complexity index is 726. The van der Waals surface area contributed by atoms with Crippen molar-refractivity contribution in [1.82, 2.24) is 5.32 Å². The highest BCUT2D eigenvalue weighted by molar-refractivity contribution is 8.01. The van der Waals surface area contributed by atoms with Crippen LogP contribution >= 0.6 is 11.8 Å². The van der Waals surface area contributed by atoms with E-state index in [-0.39, 0.29) is 22.7 Å². The van der Waals surface area contributed by atoms with E-state index in [0.29, 0.717) is 0 Å². The van der Waals surface area contributed by atoms with Gasteiger partial charge in [-0.25, -0.2) is 0 Å². The molecule has 166 valence electrons. The second kappa shape index (κ2) is 9.71. The minimum absolute atomic E-state index is 0.237. The molecular weight excluding hydrogens is 400 g/mol. The van der Waals surface area contributed by atoms with Gasteiger partial charge in [0.15, 0.2) is 0 Å². The van der Waals surface area contributed by atoms with E-state index in [2.05, 4.69) is 5.32 Å². The molecule has 2 aliphatic rings. The number of benzene rings is 1. The fourth-order valence-electron chi connectivity index (χ4n) is 4.17. The number of carbonyl (C=O) groups is 2. The summed E-state index contributed by atoms with van der Waals surface area (Å²) in [5.41, 5.74) is 6.62. The summed E-state index contributed by atoms with van der Waals surface area (Å²) in [5, 5.41) is 2.96. The van der Waals surface area contributed by atoms with Crippen molar-refractivity contribution in [2.24, 2.45) is 5.73 Å². The number of nitrogens with two attached hydrogens (primary N) is 1. The molecule has 0 amide bonds. The first-order chi connectivity index (χ1) is 14.2. The molecule has 1 spiro atoms. The maximum Gasteiger partial charge on any atom is 0.325 e. The Morgan fingerprint density at radius 2 is 1.80 bits per heavy atom. The van der Waals surface area contributed by atoms with Crippen LogP contribution in [0.25, 0.3) is 0 Å². The first-order valence-corrected chi connectivity index (χ1v) is 11.7. The highest BCUT2D eigenvalue weighted by Gasteiger charge is 2.54. The smallest absolute Gasteiger partial charge is 0.325 e. The third-order valence-corrected chi connectivity index (χ3v) is 7.43. The molecule has 7 heteroatoms. The first-order valence-electron chi connectivity index (χ1n) is 10.8. The molecule has 1 saturated carbocycles. The Labute approximate surface area is 183 Å². The molecule has 3 unspecified atom stereocenters. The highest BCUT2D eigenvalue weighted by atomic mass is 32.2. The van der Waals surface area contributed by atoms with Crippen molar-refractivity contribution in [2.45, 2.75) is 93.7 Å². The minimum Gasteiger partial charge on any atom is -0.460 e. The van der Waals surface area contributed by atoms with Crippen molar-refractivity contribution in [3.63, 3.8) is 0 Å². The predicted molar refractivity (Wildman–Crippen MR) is 119 cm³/mol. The van der Waals surface area contributed by atoms with Crippen molar-refractivity contribution in [3.05, 3.63) is 35.9 Å². The summed E-state index contributed by atoms with van der Waals surface area (Å²) in [6.07, 6.45) is 6.27. The molecule has 1 heterocycles. The van der Waals surface area contributed by atoms with Crippen LogP contribution in [0.1, 0.15) is 64.9 Å². The molecule has 30 heavy (non-hydrogen) atoms. The van der Waals surface area contributed by atoms with E-state index in [1.54, 1.807) is 11.8 Å². The Hall–Kier alpha value is -1.57. The van der Waals surface area contributed by atoms with Crippen molar-refractivity contribution in [2.75, 3.05) is 0 Å². The molecule has 3 rings (SSSR count). The van der Waals surface area contributed by atoms with Crippen LogP contribution in [0, 0.1) is 0 Å². The van der Waals surface area contributed by atoms with Gasteiger partial charge in [-0.15, -0.1) is 11.8 Å². The van der Waals surface area contributed by atoms with E-state index in [4.69, 9.17) is 15.2 Å². The number of hydrogen-bond acceptors (Lipinski definition) is 7. The Morgan fingerprint density at radius 1 is 1.17 bits per heavy atom. The van der Waals surface area contributed by atoms with Crippen LogP contribution in [0.2, 0.25) is 0 Å². The number of nitrogens with one attached hydrogen (secondary N) is 1. The second-order valence-electron chi connectivity index (χ2n) is 9.27. The lowest BCUT2D eigenvalue weighted by Gasteiger charge is -2.31. The summed E-state index contributed by atoms with van der Waals surface area (Å²) in [4.78, 5) is 25.7. The lowest BCUT2D eigenvalue weighted by molar-refractivity contribution is -0.157. The first kappa shape index (κ1) is 23.1. The largest absolute Gasteiger partial charge is 0.460 e. The lowest BCUT2D eigenvalue weighted by Crippen LogP contribution is -2.53. The molecule has 0 bridgehead atoms. The molecule has 3 atom stereocenters. The Balaban J connectivity index is 1.73. The molecule has 0 aromatic heterocycles. The summed E-state index contributed by atoms with van der Waals surface area (Å²) < 4.78 is 10.9. The summed E-state index contributed by atoms with van der Waals surface area (Å²) in [6, 6.07) is 8.33. The molecule has 3 N–H and O–H groups in total. The highest BCUT2D eigenvalue weighted by Crippen LogP contribution is 2.48. The standard InChI is InChI=1S/C23H34N2O4S/c1-22(2,3)29-20(26)17(24)19-25-18(23(30-19)13-9-4-5-10-14-23)21(27)28-15-16-11-7-6-8-12-16/h6-8,11-12,17-19,25H,4-5,9-10,13-15,24H2,1-3H3. The number of hydrogen-bond donors (Lipinski definition) is 2. The van der Waals surface area contributed by atoms with Gasteiger partial charge in [-0.05, 0) is 39.2 Å². The number of thioether (sulfide) groups is 1. The van der Waals surface area contributed by atoms with Crippen LogP contribution in [0.3, 0.4) is 0 Å². The van der Waals surface area contributed by atoms with Gasteiger partial charge >= 0.3 is 11.9 Å². The van der Waals surface area contributed by atoms with E-state index >= 15 is 0 Å². The second-order valence-corrected chi connectivity index (χ2v) is 10.8. The third-order valence-electron chi connectivity index (χ3n) is 5.63. The SMILES string of the molecule is CC(C)(C)OC(=O)C(N)C1NC(C(=O)OCc2ccccc2)C2(CCCCCC2)S1.